The summed E-state index contributed by atoms with van der Waals surface area (Å²) in [6.45, 7) is 5.72. The average Bonchev–Trinajstić information content (AvgIpc) is 2.73. The molecule has 32 heavy (non-hydrogen) atoms. The number of pyridine rings is 1. The first-order chi connectivity index (χ1) is 15.2. The van der Waals surface area contributed by atoms with Crippen LogP contribution in [0.1, 0.15) is 39.5 Å². The van der Waals surface area contributed by atoms with Gasteiger partial charge in [0.15, 0.2) is 0 Å². The first-order valence-corrected chi connectivity index (χ1v) is 11.8. The smallest absolute Gasteiger partial charge is 0.483 e. The van der Waals surface area contributed by atoms with Crippen LogP contribution < -0.4 is 8.92 Å². The summed E-state index contributed by atoms with van der Waals surface area (Å²) >= 11 is 0. The predicted octanol–water partition coefficient (Wildman–Crippen LogP) is 4.84. The number of hydrogen-bond acceptors (Lipinski definition) is 7. The summed E-state index contributed by atoms with van der Waals surface area (Å²) in [5.74, 6) is -0.457. The van der Waals surface area contributed by atoms with Crippen molar-refractivity contribution in [1.29, 1.82) is 0 Å². The molecule has 0 aliphatic heterocycles. The van der Waals surface area contributed by atoms with E-state index >= 15 is 0 Å². The molecule has 11 heteroatoms. The lowest BCUT2D eigenvalue weighted by Crippen LogP contribution is -2.29. The molecular formula is C21H28F3NO6S. The lowest BCUT2D eigenvalue weighted by atomic mass is 10.2. The number of para-hydroxylation sites is 1. The van der Waals surface area contributed by atoms with Crippen LogP contribution in [-0.2, 0) is 19.6 Å². The van der Waals surface area contributed by atoms with Crippen LogP contribution in [0.3, 0.4) is 0 Å². The van der Waals surface area contributed by atoms with E-state index in [2.05, 4.69) is 9.17 Å². The molecule has 2 aromatic rings. The van der Waals surface area contributed by atoms with Crippen molar-refractivity contribution in [3.63, 3.8) is 0 Å². The van der Waals surface area contributed by atoms with Crippen molar-refractivity contribution >= 4 is 21.0 Å². The number of nitrogens with zero attached hydrogens (tertiary/aromatic N) is 1. The van der Waals surface area contributed by atoms with Crippen LogP contribution in [0.25, 0.3) is 10.9 Å². The van der Waals surface area contributed by atoms with Crippen molar-refractivity contribution in [3.8, 4) is 11.6 Å². The van der Waals surface area contributed by atoms with Crippen LogP contribution in [0.2, 0.25) is 0 Å². The molecule has 0 atom stereocenters. The van der Waals surface area contributed by atoms with Crippen molar-refractivity contribution < 1.29 is 40.0 Å². The van der Waals surface area contributed by atoms with Crippen molar-refractivity contribution in [3.05, 3.63) is 30.3 Å². The number of halogens is 3. The molecule has 0 bridgehead atoms. The number of hydrogen-bond donors (Lipinski definition) is 0. The third-order valence-corrected chi connectivity index (χ3v) is 5.28. The zero-order valence-electron chi connectivity index (χ0n) is 18.1. The van der Waals surface area contributed by atoms with Crippen molar-refractivity contribution in [1.82, 2.24) is 4.98 Å². The summed E-state index contributed by atoms with van der Waals surface area (Å²) in [5.41, 5.74) is -5.40. The summed E-state index contributed by atoms with van der Waals surface area (Å²) in [7, 11) is -5.83. The zero-order chi connectivity index (χ0) is 23.6. The number of fused-ring (bicyclic) bond motifs is 1. The van der Waals surface area contributed by atoms with Gasteiger partial charge in [0.05, 0.1) is 13.2 Å². The molecule has 0 fully saturated rings. The van der Waals surface area contributed by atoms with Crippen LogP contribution in [0.4, 0.5) is 13.2 Å². The van der Waals surface area contributed by atoms with Gasteiger partial charge in [-0.05, 0) is 25.0 Å². The van der Waals surface area contributed by atoms with Gasteiger partial charge >= 0.3 is 15.6 Å². The fourth-order valence-corrected chi connectivity index (χ4v) is 3.03. The molecule has 1 aromatic heterocycles. The van der Waals surface area contributed by atoms with E-state index in [0.29, 0.717) is 18.6 Å². The molecule has 1 heterocycles. The summed E-state index contributed by atoms with van der Waals surface area (Å²) < 4.78 is 82.0. The van der Waals surface area contributed by atoms with Gasteiger partial charge in [0.2, 0.25) is 5.88 Å². The van der Waals surface area contributed by atoms with Crippen LogP contribution >= 0.6 is 0 Å². The molecule has 0 saturated heterocycles. The summed E-state index contributed by atoms with van der Waals surface area (Å²) in [6.07, 6.45) is 3.27. The molecule has 0 spiro atoms. The van der Waals surface area contributed by atoms with Crippen molar-refractivity contribution in [2.24, 2.45) is 0 Å². The molecule has 0 N–H and O–H groups in total. The van der Waals surface area contributed by atoms with Gasteiger partial charge in [0.1, 0.15) is 17.4 Å². The Bertz CT molecular complexity index is 940. The number of ether oxygens (including phenoxy) is 3. The standard InChI is InChI=1S/C21H28F3NO6S/c1-3-5-12-28-14-17(15-29-13-6-4-2)30-18-9-7-8-16-10-11-19(25-20(16)18)31-32(26,27)21(22,23)24/h7-11,17H,3-6,12-15H2,1-2H3. The molecular weight excluding hydrogens is 451 g/mol. The first-order valence-electron chi connectivity index (χ1n) is 10.4. The third-order valence-electron chi connectivity index (χ3n) is 4.32. The topological polar surface area (TPSA) is 84.0 Å². The largest absolute Gasteiger partial charge is 0.534 e. The number of aromatic nitrogens is 1. The van der Waals surface area contributed by atoms with E-state index in [4.69, 9.17) is 14.2 Å². The van der Waals surface area contributed by atoms with Gasteiger partial charge in [0.25, 0.3) is 0 Å². The molecule has 0 aliphatic rings. The van der Waals surface area contributed by atoms with Gasteiger partial charge in [-0.25, -0.2) is 4.98 Å². The van der Waals surface area contributed by atoms with Crippen molar-refractivity contribution in [2.45, 2.75) is 51.1 Å². The lowest BCUT2D eigenvalue weighted by Gasteiger charge is -2.20. The third kappa shape index (κ3) is 7.79. The van der Waals surface area contributed by atoms with Gasteiger partial charge in [-0.3, -0.25) is 0 Å². The lowest BCUT2D eigenvalue weighted by molar-refractivity contribution is -0.0501. The van der Waals surface area contributed by atoms with Gasteiger partial charge in [-0.15, -0.1) is 0 Å². The Kier molecular flexibility index (Phi) is 9.98. The van der Waals surface area contributed by atoms with E-state index in [1.807, 2.05) is 13.8 Å². The zero-order valence-corrected chi connectivity index (χ0v) is 18.9. The Morgan fingerprint density at radius 3 is 2.16 bits per heavy atom. The maximum Gasteiger partial charge on any atom is 0.534 e. The van der Waals surface area contributed by atoms with E-state index in [1.165, 1.54) is 6.07 Å². The molecule has 0 amide bonds. The SMILES string of the molecule is CCCCOCC(COCCCC)Oc1cccc2ccc(OS(=O)(=O)C(F)(F)F)nc12. The maximum atomic E-state index is 12.6. The normalized spacial score (nSPS) is 12.4. The molecule has 0 saturated carbocycles. The van der Waals surface area contributed by atoms with E-state index in [9.17, 15) is 21.6 Å². The number of benzene rings is 1. The minimum Gasteiger partial charge on any atom is -0.483 e. The highest BCUT2D eigenvalue weighted by Crippen LogP contribution is 2.30. The van der Waals surface area contributed by atoms with Gasteiger partial charge < -0.3 is 18.4 Å². The summed E-state index contributed by atoms with van der Waals surface area (Å²) in [4.78, 5) is 3.94. The fraction of sp³-hybridized carbons (Fsp3) is 0.571. The summed E-state index contributed by atoms with van der Waals surface area (Å²) in [5, 5.41) is 0.539. The average molecular weight is 480 g/mol. The van der Waals surface area contributed by atoms with Crippen LogP contribution in [-0.4, -0.2) is 51.4 Å². The minimum atomic E-state index is -5.83. The van der Waals surface area contributed by atoms with E-state index < -0.39 is 27.6 Å². The molecule has 0 aliphatic carbocycles. The van der Waals surface area contributed by atoms with Crippen molar-refractivity contribution in [2.75, 3.05) is 26.4 Å². The second-order valence-corrected chi connectivity index (χ2v) is 8.60. The Balaban J connectivity index is 2.23. The molecule has 7 nitrogen and oxygen atoms in total. The molecule has 2 rings (SSSR count). The fourth-order valence-electron chi connectivity index (χ4n) is 2.62. The Labute approximate surface area is 185 Å². The Hall–Kier alpha value is -2.11. The number of alkyl halides is 3. The predicted molar refractivity (Wildman–Crippen MR) is 113 cm³/mol. The summed E-state index contributed by atoms with van der Waals surface area (Å²) in [6, 6.07) is 7.40. The number of rotatable bonds is 14. The van der Waals surface area contributed by atoms with Gasteiger partial charge in [0, 0.05) is 24.7 Å². The maximum absolute atomic E-state index is 12.6. The van der Waals surface area contributed by atoms with Crippen LogP contribution in [0, 0.1) is 0 Å². The highest BCUT2D eigenvalue weighted by atomic mass is 32.2. The first kappa shape index (κ1) is 26.1. The van der Waals surface area contributed by atoms with E-state index in [-0.39, 0.29) is 24.5 Å². The monoisotopic (exact) mass is 479 g/mol. The van der Waals surface area contributed by atoms with Crippen LogP contribution in [0.15, 0.2) is 30.3 Å². The second-order valence-electron chi connectivity index (χ2n) is 7.06. The molecule has 1 aromatic carbocycles. The highest BCUT2D eigenvalue weighted by Gasteiger charge is 2.48. The van der Waals surface area contributed by atoms with E-state index in [0.717, 1.165) is 31.7 Å². The second kappa shape index (κ2) is 12.2. The molecule has 0 unspecified atom stereocenters. The molecule has 0 radical (unpaired) electrons. The number of unbranched alkanes of at least 4 members (excludes halogenated alkanes) is 2. The Morgan fingerprint density at radius 1 is 0.969 bits per heavy atom. The van der Waals surface area contributed by atoms with Gasteiger partial charge in [-0.2, -0.15) is 21.6 Å². The van der Waals surface area contributed by atoms with E-state index in [1.54, 1.807) is 18.2 Å². The van der Waals surface area contributed by atoms with Crippen LogP contribution in [0.5, 0.6) is 11.6 Å². The van der Waals surface area contributed by atoms with Gasteiger partial charge in [-0.1, -0.05) is 38.8 Å². The quantitative estimate of drug-likeness (QED) is 0.218. The minimum absolute atomic E-state index is 0.162. The Morgan fingerprint density at radius 2 is 1.59 bits per heavy atom. The highest BCUT2D eigenvalue weighted by molar-refractivity contribution is 7.87. The molecule has 180 valence electrons.